The number of H-pyrrole nitrogens is 1. The molecule has 0 radical (unpaired) electrons. The molecule has 5 rings (SSSR count). The maximum Gasteiger partial charge on any atom is 0.143 e. The van der Waals surface area contributed by atoms with Crippen LogP contribution in [0.3, 0.4) is 0 Å². The second-order valence-corrected chi connectivity index (χ2v) is 10.9. The third-order valence-electron chi connectivity index (χ3n) is 7.70. The molecular formula is C28H33F5N4O. The van der Waals surface area contributed by atoms with Crippen molar-refractivity contribution in [3.8, 4) is 0 Å². The molecule has 3 N–H and O–H groups in total. The van der Waals surface area contributed by atoms with E-state index in [0.717, 1.165) is 10.9 Å². The number of benzene rings is 2. The molecule has 0 amide bonds. The van der Waals surface area contributed by atoms with Crippen LogP contribution in [0.5, 0.6) is 0 Å². The summed E-state index contributed by atoms with van der Waals surface area (Å²) in [6.45, 7) is 3.68. The van der Waals surface area contributed by atoms with Crippen molar-refractivity contribution in [1.82, 2.24) is 14.8 Å². The Morgan fingerprint density at radius 2 is 1.84 bits per heavy atom. The van der Waals surface area contributed by atoms with E-state index in [2.05, 4.69) is 15.2 Å². The Balaban J connectivity index is 1.52. The number of hydrogen-bond donors (Lipinski definition) is 3. The van der Waals surface area contributed by atoms with Crippen LogP contribution in [0, 0.1) is 17.5 Å². The second-order valence-electron chi connectivity index (χ2n) is 10.9. The first-order chi connectivity index (χ1) is 18.1. The van der Waals surface area contributed by atoms with Crippen molar-refractivity contribution < 1.29 is 27.1 Å². The number of aliphatic hydroxyl groups is 1. The van der Waals surface area contributed by atoms with Gasteiger partial charge in [0.1, 0.15) is 23.1 Å². The molecule has 0 spiro atoms. The molecule has 1 fully saturated rings. The molecule has 5 nitrogen and oxygen atoms in total. The number of likely N-dealkylation sites (tertiary alicyclic amines) is 1. The number of hydrogen-bond acceptors (Lipinski definition) is 4. The number of halogens is 5. The van der Waals surface area contributed by atoms with Gasteiger partial charge in [0.15, 0.2) is 0 Å². The van der Waals surface area contributed by atoms with Crippen molar-refractivity contribution in [3.05, 3.63) is 64.6 Å². The molecule has 2 aliphatic rings. The second kappa shape index (κ2) is 10.5. The molecule has 3 heterocycles. The van der Waals surface area contributed by atoms with Gasteiger partial charge in [0.05, 0.1) is 25.4 Å². The average molecular weight is 537 g/mol. The third kappa shape index (κ3) is 5.13. The van der Waals surface area contributed by atoms with E-state index in [4.69, 9.17) is 0 Å². The van der Waals surface area contributed by atoms with Gasteiger partial charge in [-0.1, -0.05) is 0 Å². The first kappa shape index (κ1) is 26.9. The minimum Gasteiger partial charge on any atom is -0.393 e. The van der Waals surface area contributed by atoms with E-state index in [1.165, 1.54) is 31.2 Å². The molecule has 1 aromatic heterocycles. The zero-order valence-electron chi connectivity index (χ0n) is 21.5. The summed E-state index contributed by atoms with van der Waals surface area (Å²) in [4.78, 5) is 6.88. The summed E-state index contributed by atoms with van der Waals surface area (Å²) in [7, 11) is 0. The Morgan fingerprint density at radius 1 is 1.13 bits per heavy atom. The van der Waals surface area contributed by atoms with Crippen molar-refractivity contribution in [1.29, 1.82) is 0 Å². The monoisotopic (exact) mass is 536 g/mol. The van der Waals surface area contributed by atoms with Crippen molar-refractivity contribution in [2.45, 2.75) is 50.5 Å². The number of alkyl halides is 2. The first-order valence-electron chi connectivity index (χ1n) is 13.0. The van der Waals surface area contributed by atoms with Crippen molar-refractivity contribution in [2.75, 3.05) is 44.8 Å². The average Bonchev–Trinajstić information content (AvgIpc) is 3.18. The lowest BCUT2D eigenvalue weighted by Crippen LogP contribution is -2.54. The summed E-state index contributed by atoms with van der Waals surface area (Å²) in [6.07, 6.45) is 0.917. The topological polar surface area (TPSA) is 54.5 Å². The van der Waals surface area contributed by atoms with E-state index in [1.807, 2.05) is 6.92 Å². The summed E-state index contributed by atoms with van der Waals surface area (Å²) < 4.78 is 73.0. The van der Waals surface area contributed by atoms with E-state index in [1.54, 1.807) is 11.0 Å². The molecule has 10 heteroatoms. The summed E-state index contributed by atoms with van der Waals surface area (Å²) >= 11 is 0. The van der Waals surface area contributed by atoms with Crippen LogP contribution in [0.25, 0.3) is 10.9 Å². The first-order valence-corrected chi connectivity index (χ1v) is 13.0. The fraction of sp³-hybridized carbons (Fsp3) is 0.500. The lowest BCUT2D eigenvalue weighted by Gasteiger charge is -2.43. The summed E-state index contributed by atoms with van der Waals surface area (Å²) in [6, 6.07) is 5.46. The van der Waals surface area contributed by atoms with Crippen molar-refractivity contribution >= 4 is 16.6 Å². The third-order valence-corrected chi connectivity index (χ3v) is 7.70. The quantitative estimate of drug-likeness (QED) is 0.333. The standard InChI is InChI=1S/C28H33F5N4O/c1-16-8-21-20-5-4-17(30)9-24(20)35-26(21)27(37(16)14-28(2,33)15-38)25-22(31)10-18(11-23(25)32)34-19-12-36(13-19)7-3-6-29/h4-5,9-11,16,19,27,34-35,38H,3,6-8,12-15H2,1-2H3/t16-,27-,28-/m0/s1. The van der Waals surface area contributed by atoms with Crippen LogP contribution in [-0.2, 0) is 6.42 Å². The Labute approximate surface area is 218 Å². The van der Waals surface area contributed by atoms with E-state index in [0.29, 0.717) is 49.4 Å². The Morgan fingerprint density at radius 3 is 2.50 bits per heavy atom. The maximum atomic E-state index is 15.8. The zero-order valence-corrected chi connectivity index (χ0v) is 21.5. The zero-order chi connectivity index (χ0) is 27.2. The number of aromatic nitrogens is 1. The number of aromatic amines is 1. The van der Waals surface area contributed by atoms with Gasteiger partial charge in [-0.3, -0.25) is 14.2 Å². The summed E-state index contributed by atoms with van der Waals surface area (Å²) in [5.74, 6) is -2.02. The number of rotatable bonds is 9. The molecule has 0 aliphatic carbocycles. The predicted octanol–water partition coefficient (Wildman–Crippen LogP) is 5.10. The van der Waals surface area contributed by atoms with Crippen LogP contribution in [0.4, 0.5) is 27.6 Å². The normalized spacial score (nSPS) is 22.3. The van der Waals surface area contributed by atoms with Gasteiger partial charge in [0.25, 0.3) is 0 Å². The van der Waals surface area contributed by atoms with Crippen LogP contribution < -0.4 is 5.32 Å². The van der Waals surface area contributed by atoms with Gasteiger partial charge in [0, 0.05) is 60.1 Å². The van der Waals surface area contributed by atoms with E-state index < -0.39 is 35.8 Å². The highest BCUT2D eigenvalue weighted by molar-refractivity contribution is 5.85. The van der Waals surface area contributed by atoms with Crippen LogP contribution >= 0.6 is 0 Å². The number of anilines is 1. The molecule has 2 aliphatic heterocycles. The lowest BCUT2D eigenvalue weighted by molar-refractivity contribution is 0.0162. The van der Waals surface area contributed by atoms with Crippen LogP contribution in [0.15, 0.2) is 30.3 Å². The van der Waals surface area contributed by atoms with Gasteiger partial charge in [0.2, 0.25) is 0 Å². The molecule has 0 saturated carbocycles. The molecule has 3 atom stereocenters. The highest BCUT2D eigenvalue weighted by Crippen LogP contribution is 2.43. The molecule has 1 saturated heterocycles. The van der Waals surface area contributed by atoms with Crippen LogP contribution in [0.1, 0.15) is 43.1 Å². The van der Waals surface area contributed by atoms with E-state index in [-0.39, 0.29) is 30.9 Å². The molecule has 0 bridgehead atoms. The predicted molar refractivity (Wildman–Crippen MR) is 137 cm³/mol. The number of fused-ring (bicyclic) bond motifs is 3. The van der Waals surface area contributed by atoms with Crippen LogP contribution in [-0.4, -0.2) is 77.1 Å². The van der Waals surface area contributed by atoms with Crippen molar-refractivity contribution in [3.63, 3.8) is 0 Å². The Kier molecular flexibility index (Phi) is 7.41. The molecule has 3 aromatic rings. The van der Waals surface area contributed by atoms with Gasteiger partial charge in [-0.2, -0.15) is 0 Å². The molecule has 38 heavy (non-hydrogen) atoms. The Bertz CT molecular complexity index is 1280. The maximum absolute atomic E-state index is 15.8. The minimum absolute atomic E-state index is 0.00234. The number of nitrogens with zero attached hydrogens (tertiary/aromatic N) is 2. The number of aliphatic hydroxyl groups excluding tert-OH is 1. The molecular weight excluding hydrogens is 503 g/mol. The van der Waals surface area contributed by atoms with Crippen molar-refractivity contribution in [2.24, 2.45) is 0 Å². The highest BCUT2D eigenvalue weighted by Gasteiger charge is 2.42. The molecule has 2 aromatic carbocycles. The SMILES string of the molecule is C[C@H]1Cc2c([nH]c3cc(F)ccc23)[C@H](c2c(F)cc(NC3CN(CCCF)C3)cc2F)N1C[C@](C)(F)CO. The number of nitrogens with one attached hydrogen (secondary N) is 2. The molecule has 206 valence electrons. The van der Waals surface area contributed by atoms with E-state index in [9.17, 15) is 13.9 Å². The Hall–Kier alpha value is -2.69. The smallest absolute Gasteiger partial charge is 0.143 e. The van der Waals surface area contributed by atoms with Gasteiger partial charge in [-0.05, 0) is 62.6 Å². The van der Waals surface area contributed by atoms with Gasteiger partial charge in [-0.15, -0.1) is 0 Å². The van der Waals surface area contributed by atoms with Crippen LogP contribution in [0.2, 0.25) is 0 Å². The fourth-order valence-electron chi connectivity index (χ4n) is 5.81. The van der Waals surface area contributed by atoms with Gasteiger partial charge < -0.3 is 15.4 Å². The minimum atomic E-state index is -2.01. The van der Waals surface area contributed by atoms with Gasteiger partial charge in [-0.25, -0.2) is 17.6 Å². The summed E-state index contributed by atoms with van der Waals surface area (Å²) in [5, 5.41) is 13.5. The summed E-state index contributed by atoms with van der Waals surface area (Å²) in [5.41, 5.74) is -0.156. The van der Waals surface area contributed by atoms with E-state index >= 15 is 13.2 Å². The fourth-order valence-corrected chi connectivity index (χ4v) is 5.81. The van der Waals surface area contributed by atoms with Gasteiger partial charge >= 0.3 is 0 Å². The lowest BCUT2D eigenvalue weighted by atomic mass is 9.87. The largest absolute Gasteiger partial charge is 0.393 e. The highest BCUT2D eigenvalue weighted by atomic mass is 19.2. The molecule has 0 unspecified atom stereocenters.